The minimum absolute atomic E-state index is 0.547. The van der Waals surface area contributed by atoms with E-state index in [1.807, 2.05) is 0 Å². The summed E-state index contributed by atoms with van der Waals surface area (Å²) < 4.78 is 34.3. The Balaban J connectivity index is 1.71. The topological polar surface area (TPSA) is 61.9 Å². The summed E-state index contributed by atoms with van der Waals surface area (Å²) in [7, 11) is 6.77. The van der Waals surface area contributed by atoms with Gasteiger partial charge in [0.1, 0.15) is 23.0 Å². The summed E-state index contributed by atoms with van der Waals surface area (Å²) in [5, 5.41) is 0. The predicted octanol–water partition coefficient (Wildman–Crippen LogP) is 2.99. The first-order valence-electron chi connectivity index (χ1n) is 11.3. The van der Waals surface area contributed by atoms with Gasteiger partial charge in [-0.1, -0.05) is 0 Å². The Hall–Kier alpha value is -2.84. The molecule has 33 heavy (non-hydrogen) atoms. The van der Waals surface area contributed by atoms with Crippen LogP contribution in [0.5, 0.6) is 23.0 Å². The van der Waals surface area contributed by atoms with Gasteiger partial charge in [-0.25, -0.2) is 0 Å². The minimum Gasteiger partial charge on any atom is -0.496 e. The van der Waals surface area contributed by atoms with E-state index in [4.69, 9.17) is 28.4 Å². The molecule has 0 aromatic heterocycles. The summed E-state index contributed by atoms with van der Waals surface area (Å²) in [6.07, 6.45) is 0.547. The summed E-state index contributed by atoms with van der Waals surface area (Å²) in [5.74, 6) is 3.10. The highest BCUT2D eigenvalue weighted by molar-refractivity contribution is 5.65. The Morgan fingerprint density at radius 1 is 0.576 bits per heavy atom. The van der Waals surface area contributed by atoms with E-state index in [-0.39, 0.29) is 0 Å². The van der Waals surface area contributed by atoms with Crippen LogP contribution >= 0.6 is 0 Å². The molecule has 0 amide bonds. The monoisotopic (exact) mass is 458 g/mol. The molecule has 0 saturated carbocycles. The molecule has 2 fully saturated rings. The maximum absolute atomic E-state index is 5.82. The van der Waals surface area contributed by atoms with Crippen molar-refractivity contribution < 1.29 is 28.4 Å². The van der Waals surface area contributed by atoms with E-state index in [0.29, 0.717) is 6.42 Å². The Bertz CT molecular complexity index is 813. The number of methoxy groups -OCH3 is 4. The Labute approximate surface area is 195 Å². The van der Waals surface area contributed by atoms with Crippen molar-refractivity contribution in [1.29, 1.82) is 0 Å². The van der Waals surface area contributed by atoms with Gasteiger partial charge in [-0.15, -0.1) is 0 Å². The minimum atomic E-state index is 0.547. The zero-order valence-corrected chi connectivity index (χ0v) is 20.0. The number of nitrogens with zero attached hydrogens (tertiary/aromatic N) is 2. The number of rotatable bonds is 8. The first-order valence-corrected chi connectivity index (χ1v) is 11.3. The Morgan fingerprint density at radius 2 is 0.879 bits per heavy atom. The van der Waals surface area contributed by atoms with E-state index in [1.54, 1.807) is 28.4 Å². The number of ether oxygens (including phenoxy) is 6. The van der Waals surface area contributed by atoms with Crippen molar-refractivity contribution in [2.24, 2.45) is 0 Å². The third-order valence-electron chi connectivity index (χ3n) is 6.29. The van der Waals surface area contributed by atoms with Crippen LogP contribution in [-0.4, -0.2) is 81.0 Å². The summed E-state index contributed by atoms with van der Waals surface area (Å²) in [6.45, 7) is 6.25. The lowest BCUT2D eigenvalue weighted by Gasteiger charge is -2.30. The van der Waals surface area contributed by atoms with Gasteiger partial charge in [0.25, 0.3) is 0 Å². The third kappa shape index (κ3) is 5.07. The maximum atomic E-state index is 5.82. The standard InChI is InChI=1S/C25H34N2O6/c1-28-22-13-18(26-5-9-32-10-6-26)14-23(29-2)20(22)17-21-24(30-3)15-19(16-25(21)31-4)27-7-11-33-12-8-27/h13-16H,5-12,17H2,1-4H3. The van der Waals surface area contributed by atoms with Gasteiger partial charge in [0, 0.05) is 79.4 Å². The van der Waals surface area contributed by atoms with Gasteiger partial charge in [0.05, 0.1) is 54.9 Å². The summed E-state index contributed by atoms with van der Waals surface area (Å²) in [4.78, 5) is 4.58. The van der Waals surface area contributed by atoms with Crippen LogP contribution in [0, 0.1) is 0 Å². The molecule has 2 aliphatic rings. The molecule has 180 valence electrons. The molecule has 2 saturated heterocycles. The van der Waals surface area contributed by atoms with Crippen molar-refractivity contribution in [3.63, 3.8) is 0 Å². The second-order valence-electron chi connectivity index (χ2n) is 8.03. The van der Waals surface area contributed by atoms with Crippen LogP contribution < -0.4 is 28.7 Å². The van der Waals surface area contributed by atoms with Crippen LogP contribution in [0.3, 0.4) is 0 Å². The molecule has 0 aliphatic carbocycles. The number of hydrogen-bond acceptors (Lipinski definition) is 8. The molecule has 8 nitrogen and oxygen atoms in total. The molecular weight excluding hydrogens is 424 g/mol. The van der Waals surface area contributed by atoms with E-state index < -0.39 is 0 Å². The Kier molecular flexibility index (Phi) is 7.67. The summed E-state index contributed by atoms with van der Waals surface area (Å²) >= 11 is 0. The van der Waals surface area contributed by atoms with Crippen LogP contribution in [0.1, 0.15) is 11.1 Å². The molecule has 2 heterocycles. The largest absolute Gasteiger partial charge is 0.496 e. The number of hydrogen-bond donors (Lipinski definition) is 0. The van der Waals surface area contributed by atoms with Crippen LogP contribution in [-0.2, 0) is 15.9 Å². The van der Waals surface area contributed by atoms with Gasteiger partial charge in [0.15, 0.2) is 0 Å². The van der Waals surface area contributed by atoms with Crippen LogP contribution in [0.2, 0.25) is 0 Å². The smallest absolute Gasteiger partial charge is 0.128 e. The van der Waals surface area contributed by atoms with Crippen molar-refractivity contribution in [3.05, 3.63) is 35.4 Å². The van der Waals surface area contributed by atoms with Crippen molar-refractivity contribution in [3.8, 4) is 23.0 Å². The number of anilines is 2. The van der Waals surface area contributed by atoms with E-state index in [2.05, 4.69) is 34.1 Å². The molecule has 2 aliphatic heterocycles. The fraction of sp³-hybridized carbons (Fsp3) is 0.520. The first kappa shape index (κ1) is 23.3. The van der Waals surface area contributed by atoms with E-state index >= 15 is 0 Å². The van der Waals surface area contributed by atoms with E-state index in [0.717, 1.165) is 98.1 Å². The molecule has 0 spiro atoms. The highest BCUT2D eigenvalue weighted by Gasteiger charge is 2.23. The third-order valence-corrected chi connectivity index (χ3v) is 6.29. The van der Waals surface area contributed by atoms with Gasteiger partial charge < -0.3 is 38.2 Å². The second kappa shape index (κ2) is 10.9. The predicted molar refractivity (Wildman–Crippen MR) is 128 cm³/mol. The zero-order chi connectivity index (χ0) is 23.2. The lowest BCUT2D eigenvalue weighted by atomic mass is 9.99. The number of benzene rings is 2. The van der Waals surface area contributed by atoms with Gasteiger partial charge >= 0.3 is 0 Å². The molecule has 0 N–H and O–H groups in total. The quantitative estimate of drug-likeness (QED) is 0.598. The van der Waals surface area contributed by atoms with E-state index in [9.17, 15) is 0 Å². The van der Waals surface area contributed by atoms with Crippen LogP contribution in [0.15, 0.2) is 24.3 Å². The second-order valence-corrected chi connectivity index (χ2v) is 8.03. The molecule has 0 bridgehead atoms. The SMILES string of the molecule is COc1cc(N2CCOCC2)cc(OC)c1Cc1c(OC)cc(N2CCOCC2)cc1OC. The van der Waals surface area contributed by atoms with Crippen molar-refractivity contribution in [2.45, 2.75) is 6.42 Å². The molecule has 2 aromatic carbocycles. The normalized spacial score (nSPS) is 16.5. The van der Waals surface area contributed by atoms with Crippen molar-refractivity contribution in [2.75, 3.05) is 90.8 Å². The lowest BCUT2D eigenvalue weighted by Crippen LogP contribution is -2.36. The fourth-order valence-corrected chi connectivity index (χ4v) is 4.47. The highest BCUT2D eigenvalue weighted by atomic mass is 16.5. The van der Waals surface area contributed by atoms with Gasteiger partial charge in [-0.2, -0.15) is 0 Å². The zero-order valence-electron chi connectivity index (χ0n) is 20.0. The molecule has 0 unspecified atom stereocenters. The number of morpholine rings is 2. The average Bonchev–Trinajstić information content (AvgIpc) is 2.89. The summed E-state index contributed by atoms with van der Waals surface area (Å²) in [5.41, 5.74) is 4.04. The van der Waals surface area contributed by atoms with Gasteiger partial charge in [0.2, 0.25) is 0 Å². The highest BCUT2D eigenvalue weighted by Crippen LogP contribution is 2.42. The summed E-state index contributed by atoms with van der Waals surface area (Å²) in [6, 6.07) is 8.29. The average molecular weight is 459 g/mol. The molecular formula is C25H34N2O6. The van der Waals surface area contributed by atoms with Crippen LogP contribution in [0.25, 0.3) is 0 Å². The lowest BCUT2D eigenvalue weighted by molar-refractivity contribution is 0.122. The molecule has 4 rings (SSSR count). The molecule has 2 aromatic rings. The van der Waals surface area contributed by atoms with Crippen molar-refractivity contribution in [1.82, 2.24) is 0 Å². The van der Waals surface area contributed by atoms with Crippen LogP contribution in [0.4, 0.5) is 11.4 Å². The first-order chi connectivity index (χ1) is 16.2. The van der Waals surface area contributed by atoms with Crippen molar-refractivity contribution >= 4 is 11.4 Å². The van der Waals surface area contributed by atoms with Gasteiger partial charge in [-0.3, -0.25) is 0 Å². The molecule has 8 heteroatoms. The fourth-order valence-electron chi connectivity index (χ4n) is 4.47. The molecule has 0 atom stereocenters. The van der Waals surface area contributed by atoms with Gasteiger partial charge in [-0.05, 0) is 0 Å². The Morgan fingerprint density at radius 3 is 1.15 bits per heavy atom. The maximum Gasteiger partial charge on any atom is 0.128 e. The van der Waals surface area contributed by atoms with E-state index in [1.165, 1.54) is 0 Å². The molecule has 0 radical (unpaired) electrons.